The van der Waals surface area contributed by atoms with Crippen molar-refractivity contribution in [3.8, 4) is 0 Å². The first-order valence-electron chi connectivity index (χ1n) is 6.81. The summed E-state index contributed by atoms with van der Waals surface area (Å²) in [6.07, 6.45) is 0.984. The Bertz CT molecular complexity index is 569. The first-order chi connectivity index (χ1) is 9.01. The molecule has 2 rings (SSSR count). The highest BCUT2D eigenvalue weighted by atomic mass is 16.3. The highest BCUT2D eigenvalue weighted by Gasteiger charge is 2.16. The molecule has 0 aliphatic carbocycles. The van der Waals surface area contributed by atoms with Gasteiger partial charge in [0.1, 0.15) is 11.5 Å². The van der Waals surface area contributed by atoms with Crippen LogP contribution in [0.3, 0.4) is 0 Å². The van der Waals surface area contributed by atoms with E-state index in [1.807, 2.05) is 20.9 Å². The molecule has 1 atom stereocenters. The number of hydrogen-bond donors (Lipinski definition) is 1. The normalized spacial score (nSPS) is 12.7. The van der Waals surface area contributed by atoms with Crippen molar-refractivity contribution in [1.29, 1.82) is 0 Å². The summed E-state index contributed by atoms with van der Waals surface area (Å²) in [5, 5.41) is 3.40. The Morgan fingerprint density at radius 1 is 1.05 bits per heavy atom. The molecular weight excluding hydrogens is 234 g/mol. The molecule has 0 aliphatic rings. The molecule has 0 bridgehead atoms. The van der Waals surface area contributed by atoms with Gasteiger partial charge in [0, 0.05) is 11.6 Å². The van der Waals surface area contributed by atoms with Gasteiger partial charge < -0.3 is 9.73 Å². The molecule has 1 unspecified atom stereocenters. The SMILES string of the molecule is CNC(Cc1ccc(C)c(C)c1)c1cc(C)oc1C. The summed E-state index contributed by atoms with van der Waals surface area (Å²) in [4.78, 5) is 0. The van der Waals surface area contributed by atoms with Crippen LogP contribution in [0.5, 0.6) is 0 Å². The zero-order valence-corrected chi connectivity index (χ0v) is 12.5. The van der Waals surface area contributed by atoms with E-state index >= 15 is 0 Å². The first kappa shape index (κ1) is 13.9. The fourth-order valence-electron chi connectivity index (χ4n) is 2.53. The average molecular weight is 257 g/mol. The van der Waals surface area contributed by atoms with Crippen LogP contribution in [0.4, 0.5) is 0 Å². The second-order valence-corrected chi connectivity index (χ2v) is 5.33. The monoisotopic (exact) mass is 257 g/mol. The van der Waals surface area contributed by atoms with Gasteiger partial charge in [0.2, 0.25) is 0 Å². The molecule has 2 nitrogen and oxygen atoms in total. The summed E-state index contributed by atoms with van der Waals surface area (Å²) >= 11 is 0. The minimum Gasteiger partial charge on any atom is -0.466 e. The molecule has 0 saturated heterocycles. The van der Waals surface area contributed by atoms with Crippen molar-refractivity contribution in [3.63, 3.8) is 0 Å². The third kappa shape index (κ3) is 3.07. The van der Waals surface area contributed by atoms with Gasteiger partial charge in [-0.3, -0.25) is 0 Å². The maximum Gasteiger partial charge on any atom is 0.105 e. The van der Waals surface area contributed by atoms with Crippen LogP contribution in [0.25, 0.3) is 0 Å². The molecule has 2 heteroatoms. The van der Waals surface area contributed by atoms with Crippen molar-refractivity contribution < 1.29 is 4.42 Å². The number of hydrogen-bond acceptors (Lipinski definition) is 2. The Labute approximate surface area is 115 Å². The predicted octanol–water partition coefficient (Wildman–Crippen LogP) is 4.02. The smallest absolute Gasteiger partial charge is 0.105 e. The number of aryl methyl sites for hydroxylation is 4. The summed E-state index contributed by atoms with van der Waals surface area (Å²) in [7, 11) is 2.01. The van der Waals surface area contributed by atoms with Crippen LogP contribution < -0.4 is 5.32 Å². The van der Waals surface area contributed by atoms with Gasteiger partial charge in [0.15, 0.2) is 0 Å². The summed E-state index contributed by atoms with van der Waals surface area (Å²) in [5.41, 5.74) is 5.33. The molecule has 1 aromatic heterocycles. The zero-order valence-electron chi connectivity index (χ0n) is 12.5. The van der Waals surface area contributed by atoms with Crippen LogP contribution >= 0.6 is 0 Å². The van der Waals surface area contributed by atoms with Gasteiger partial charge in [-0.05, 0) is 63.9 Å². The Balaban J connectivity index is 2.23. The van der Waals surface area contributed by atoms with Crippen molar-refractivity contribution in [2.45, 2.75) is 40.2 Å². The van der Waals surface area contributed by atoms with E-state index in [-0.39, 0.29) is 0 Å². The standard InChI is InChI=1S/C17H23NO/c1-11-6-7-15(8-12(11)2)10-17(18-5)16-9-13(3)19-14(16)4/h6-9,17-18H,10H2,1-5H3. The third-order valence-electron chi connectivity index (χ3n) is 3.81. The molecular formula is C17H23NO. The Morgan fingerprint density at radius 2 is 1.79 bits per heavy atom. The Kier molecular flexibility index (Phi) is 4.11. The maximum atomic E-state index is 5.64. The van der Waals surface area contributed by atoms with Crippen molar-refractivity contribution in [2.24, 2.45) is 0 Å². The molecule has 0 fully saturated rings. The average Bonchev–Trinajstić information content (AvgIpc) is 2.70. The lowest BCUT2D eigenvalue weighted by Gasteiger charge is -2.16. The predicted molar refractivity (Wildman–Crippen MR) is 79.6 cm³/mol. The molecule has 0 aliphatic heterocycles. The fraction of sp³-hybridized carbons (Fsp3) is 0.412. The second-order valence-electron chi connectivity index (χ2n) is 5.33. The summed E-state index contributed by atoms with van der Waals surface area (Å²) in [6.45, 7) is 8.35. The lowest BCUT2D eigenvalue weighted by atomic mass is 9.97. The Hall–Kier alpha value is -1.54. The van der Waals surface area contributed by atoms with Crippen LogP contribution in [-0.2, 0) is 6.42 Å². The number of benzene rings is 1. The van der Waals surface area contributed by atoms with Gasteiger partial charge >= 0.3 is 0 Å². The summed E-state index contributed by atoms with van der Waals surface area (Å²) in [6, 6.07) is 9.14. The van der Waals surface area contributed by atoms with E-state index in [0.717, 1.165) is 17.9 Å². The first-order valence-corrected chi connectivity index (χ1v) is 6.81. The minimum atomic E-state index is 0.305. The van der Waals surface area contributed by atoms with Crippen molar-refractivity contribution in [2.75, 3.05) is 7.05 Å². The summed E-state index contributed by atoms with van der Waals surface area (Å²) in [5.74, 6) is 1.99. The maximum absolute atomic E-state index is 5.64. The Morgan fingerprint density at radius 3 is 2.32 bits per heavy atom. The fourth-order valence-corrected chi connectivity index (χ4v) is 2.53. The van der Waals surface area contributed by atoms with E-state index in [2.05, 4.69) is 43.4 Å². The topological polar surface area (TPSA) is 25.2 Å². The lowest BCUT2D eigenvalue weighted by Crippen LogP contribution is -2.19. The van der Waals surface area contributed by atoms with Crippen molar-refractivity contribution in [3.05, 3.63) is 58.0 Å². The van der Waals surface area contributed by atoms with Crippen LogP contribution in [-0.4, -0.2) is 7.05 Å². The molecule has 0 saturated carbocycles. The van der Waals surface area contributed by atoms with E-state index in [1.54, 1.807) is 0 Å². The number of likely N-dealkylation sites (N-methyl/N-ethyl adjacent to an activating group) is 1. The van der Waals surface area contributed by atoms with E-state index < -0.39 is 0 Å². The molecule has 0 spiro atoms. The molecule has 0 amide bonds. The van der Waals surface area contributed by atoms with Gasteiger partial charge in [-0.25, -0.2) is 0 Å². The molecule has 1 heterocycles. The number of furan rings is 1. The van der Waals surface area contributed by atoms with E-state index in [9.17, 15) is 0 Å². The lowest BCUT2D eigenvalue weighted by molar-refractivity contribution is 0.490. The molecule has 0 radical (unpaired) electrons. The van der Waals surface area contributed by atoms with Gasteiger partial charge in [-0.1, -0.05) is 18.2 Å². The molecule has 102 valence electrons. The highest BCUT2D eigenvalue weighted by Crippen LogP contribution is 2.25. The molecule has 1 N–H and O–H groups in total. The largest absolute Gasteiger partial charge is 0.466 e. The van der Waals surface area contributed by atoms with Crippen LogP contribution in [0.1, 0.15) is 39.8 Å². The second kappa shape index (κ2) is 5.62. The molecule has 2 aromatic rings. The van der Waals surface area contributed by atoms with E-state index in [0.29, 0.717) is 6.04 Å². The molecule has 1 aromatic carbocycles. The van der Waals surface area contributed by atoms with Gasteiger partial charge in [0.05, 0.1) is 0 Å². The van der Waals surface area contributed by atoms with Crippen LogP contribution in [0.15, 0.2) is 28.7 Å². The van der Waals surface area contributed by atoms with Crippen LogP contribution in [0.2, 0.25) is 0 Å². The number of rotatable bonds is 4. The minimum absolute atomic E-state index is 0.305. The highest BCUT2D eigenvalue weighted by molar-refractivity contribution is 5.32. The number of nitrogens with one attached hydrogen (secondary N) is 1. The van der Waals surface area contributed by atoms with Crippen molar-refractivity contribution in [1.82, 2.24) is 5.32 Å². The quantitative estimate of drug-likeness (QED) is 0.895. The third-order valence-corrected chi connectivity index (χ3v) is 3.81. The van der Waals surface area contributed by atoms with E-state index in [1.165, 1.54) is 22.3 Å². The summed E-state index contributed by atoms with van der Waals surface area (Å²) < 4.78 is 5.64. The van der Waals surface area contributed by atoms with Gasteiger partial charge in [-0.15, -0.1) is 0 Å². The van der Waals surface area contributed by atoms with E-state index in [4.69, 9.17) is 4.42 Å². The molecule has 19 heavy (non-hydrogen) atoms. The zero-order chi connectivity index (χ0) is 14.0. The van der Waals surface area contributed by atoms with Crippen LogP contribution in [0, 0.1) is 27.7 Å². The van der Waals surface area contributed by atoms with Gasteiger partial charge in [0.25, 0.3) is 0 Å². The van der Waals surface area contributed by atoms with Gasteiger partial charge in [-0.2, -0.15) is 0 Å². The van der Waals surface area contributed by atoms with Crippen molar-refractivity contribution >= 4 is 0 Å².